The number of hydrogen-bond acceptors (Lipinski definition) is 2. The first-order valence-corrected chi connectivity index (χ1v) is 5.09. The van der Waals surface area contributed by atoms with E-state index in [9.17, 15) is 4.79 Å². The third-order valence-electron chi connectivity index (χ3n) is 2.85. The standard InChI is InChI=1S/C12H14N2O/c1-2-11(15)14-9-12(6-7-12)10-5-3-4-8-13-10/h2-5,8H,1,6-7,9H2,(H,14,15). The minimum absolute atomic E-state index is 0.0833. The van der Waals surface area contributed by atoms with Gasteiger partial charge in [0.05, 0.1) is 0 Å². The normalized spacial score (nSPS) is 16.8. The van der Waals surface area contributed by atoms with Crippen LogP contribution in [-0.2, 0) is 10.2 Å². The van der Waals surface area contributed by atoms with Crippen LogP contribution in [0.1, 0.15) is 18.5 Å². The quantitative estimate of drug-likeness (QED) is 0.750. The van der Waals surface area contributed by atoms with Crippen LogP contribution in [0.5, 0.6) is 0 Å². The van der Waals surface area contributed by atoms with Crippen LogP contribution in [0.3, 0.4) is 0 Å². The number of pyridine rings is 1. The van der Waals surface area contributed by atoms with E-state index in [-0.39, 0.29) is 11.3 Å². The Morgan fingerprint density at radius 3 is 2.93 bits per heavy atom. The first-order chi connectivity index (χ1) is 7.27. The van der Waals surface area contributed by atoms with Gasteiger partial charge in [-0.15, -0.1) is 0 Å². The molecule has 1 heterocycles. The molecule has 78 valence electrons. The van der Waals surface area contributed by atoms with Gasteiger partial charge in [-0.3, -0.25) is 9.78 Å². The molecule has 1 saturated carbocycles. The summed E-state index contributed by atoms with van der Waals surface area (Å²) >= 11 is 0. The summed E-state index contributed by atoms with van der Waals surface area (Å²) in [5.74, 6) is -0.114. The second-order valence-corrected chi connectivity index (χ2v) is 3.92. The Hall–Kier alpha value is -1.64. The number of carbonyl (C=O) groups excluding carboxylic acids is 1. The molecule has 0 atom stereocenters. The van der Waals surface area contributed by atoms with E-state index >= 15 is 0 Å². The predicted molar refractivity (Wildman–Crippen MR) is 58.4 cm³/mol. The maximum atomic E-state index is 11.1. The molecule has 1 aromatic rings. The number of nitrogens with zero attached hydrogens (tertiary/aromatic N) is 1. The summed E-state index contributed by atoms with van der Waals surface area (Å²) in [4.78, 5) is 15.4. The van der Waals surface area contributed by atoms with Crippen molar-refractivity contribution in [2.75, 3.05) is 6.54 Å². The lowest BCUT2D eigenvalue weighted by Crippen LogP contribution is -2.31. The van der Waals surface area contributed by atoms with Crippen LogP contribution in [0.25, 0.3) is 0 Å². The van der Waals surface area contributed by atoms with E-state index in [4.69, 9.17) is 0 Å². The van der Waals surface area contributed by atoms with Gasteiger partial charge in [0.1, 0.15) is 0 Å². The van der Waals surface area contributed by atoms with Gasteiger partial charge in [-0.1, -0.05) is 12.6 Å². The number of rotatable bonds is 4. The van der Waals surface area contributed by atoms with Gasteiger partial charge >= 0.3 is 0 Å². The van der Waals surface area contributed by atoms with E-state index in [1.807, 2.05) is 18.2 Å². The van der Waals surface area contributed by atoms with E-state index < -0.39 is 0 Å². The fraction of sp³-hybridized carbons (Fsp3) is 0.333. The van der Waals surface area contributed by atoms with Crippen molar-refractivity contribution in [3.63, 3.8) is 0 Å². The van der Waals surface area contributed by atoms with Gasteiger partial charge in [-0.25, -0.2) is 0 Å². The molecule has 0 bridgehead atoms. The molecular weight excluding hydrogens is 188 g/mol. The lowest BCUT2D eigenvalue weighted by molar-refractivity contribution is -0.116. The van der Waals surface area contributed by atoms with Gasteiger partial charge in [0, 0.05) is 23.9 Å². The van der Waals surface area contributed by atoms with Crippen LogP contribution >= 0.6 is 0 Å². The predicted octanol–water partition coefficient (Wildman–Crippen LogP) is 1.42. The third-order valence-corrected chi connectivity index (χ3v) is 2.85. The summed E-state index contributed by atoms with van der Waals surface area (Å²) in [5, 5.41) is 2.84. The first kappa shape index (κ1) is 9.90. The Labute approximate surface area is 89.2 Å². The van der Waals surface area contributed by atoms with Crippen molar-refractivity contribution in [2.24, 2.45) is 0 Å². The van der Waals surface area contributed by atoms with Crippen LogP contribution in [0, 0.1) is 0 Å². The molecule has 0 radical (unpaired) electrons. The topological polar surface area (TPSA) is 42.0 Å². The summed E-state index contributed by atoms with van der Waals surface area (Å²) in [6, 6.07) is 5.91. The molecule has 15 heavy (non-hydrogen) atoms. The molecule has 0 unspecified atom stereocenters. The molecule has 1 aromatic heterocycles. The van der Waals surface area contributed by atoms with Crippen molar-refractivity contribution in [3.8, 4) is 0 Å². The van der Waals surface area contributed by atoms with E-state index in [0.29, 0.717) is 6.54 Å². The smallest absolute Gasteiger partial charge is 0.243 e. The number of nitrogens with one attached hydrogen (secondary N) is 1. The Balaban J connectivity index is 2.02. The van der Waals surface area contributed by atoms with E-state index in [1.165, 1.54) is 6.08 Å². The highest BCUT2D eigenvalue weighted by molar-refractivity contribution is 5.86. The Kier molecular flexibility index (Phi) is 2.54. The highest BCUT2D eigenvalue weighted by Crippen LogP contribution is 2.46. The number of aromatic nitrogens is 1. The molecule has 1 aliphatic carbocycles. The molecule has 2 rings (SSSR count). The zero-order chi connectivity index (χ0) is 10.7. The van der Waals surface area contributed by atoms with Crippen molar-refractivity contribution >= 4 is 5.91 Å². The zero-order valence-electron chi connectivity index (χ0n) is 8.57. The molecule has 0 aromatic carbocycles. The van der Waals surface area contributed by atoms with E-state index in [1.54, 1.807) is 6.20 Å². The molecule has 3 heteroatoms. The second kappa shape index (κ2) is 3.85. The Morgan fingerprint density at radius 2 is 2.40 bits per heavy atom. The van der Waals surface area contributed by atoms with Crippen LogP contribution in [0.15, 0.2) is 37.1 Å². The van der Waals surface area contributed by atoms with Gasteiger partial charge < -0.3 is 5.32 Å². The average Bonchev–Trinajstić information content (AvgIpc) is 3.08. The van der Waals surface area contributed by atoms with E-state index in [0.717, 1.165) is 18.5 Å². The van der Waals surface area contributed by atoms with Crippen molar-refractivity contribution in [1.29, 1.82) is 0 Å². The minimum atomic E-state index is -0.114. The molecule has 0 saturated heterocycles. The summed E-state index contributed by atoms with van der Waals surface area (Å²) in [5.41, 5.74) is 1.16. The maximum absolute atomic E-state index is 11.1. The lowest BCUT2D eigenvalue weighted by Gasteiger charge is -2.14. The van der Waals surface area contributed by atoms with Gasteiger partial charge in [0.15, 0.2) is 0 Å². The number of carbonyl (C=O) groups is 1. The largest absolute Gasteiger partial charge is 0.352 e. The SMILES string of the molecule is C=CC(=O)NCC1(c2ccccn2)CC1. The fourth-order valence-electron chi connectivity index (χ4n) is 1.68. The highest BCUT2D eigenvalue weighted by Gasteiger charge is 2.45. The lowest BCUT2D eigenvalue weighted by atomic mass is 10.0. The van der Waals surface area contributed by atoms with Crippen LogP contribution in [0.2, 0.25) is 0 Å². The molecule has 0 spiro atoms. The average molecular weight is 202 g/mol. The van der Waals surface area contributed by atoms with Crippen molar-refractivity contribution in [1.82, 2.24) is 10.3 Å². The zero-order valence-corrected chi connectivity index (χ0v) is 8.57. The van der Waals surface area contributed by atoms with Crippen LogP contribution in [0.4, 0.5) is 0 Å². The van der Waals surface area contributed by atoms with E-state index in [2.05, 4.69) is 16.9 Å². The molecule has 0 aliphatic heterocycles. The second-order valence-electron chi connectivity index (χ2n) is 3.92. The Morgan fingerprint density at radius 1 is 1.60 bits per heavy atom. The van der Waals surface area contributed by atoms with Gasteiger partial charge in [-0.05, 0) is 31.1 Å². The first-order valence-electron chi connectivity index (χ1n) is 5.09. The van der Waals surface area contributed by atoms with Gasteiger partial charge in [0.25, 0.3) is 0 Å². The summed E-state index contributed by atoms with van der Waals surface area (Å²) in [6.07, 6.45) is 5.29. The molecule has 1 amide bonds. The monoisotopic (exact) mass is 202 g/mol. The van der Waals surface area contributed by atoms with Crippen molar-refractivity contribution < 1.29 is 4.79 Å². The summed E-state index contributed by atoms with van der Waals surface area (Å²) in [7, 11) is 0. The molecular formula is C12H14N2O. The molecule has 1 N–H and O–H groups in total. The minimum Gasteiger partial charge on any atom is -0.352 e. The molecule has 1 fully saturated rings. The van der Waals surface area contributed by atoms with Gasteiger partial charge in [0.2, 0.25) is 5.91 Å². The molecule has 3 nitrogen and oxygen atoms in total. The number of amides is 1. The van der Waals surface area contributed by atoms with Gasteiger partial charge in [-0.2, -0.15) is 0 Å². The van der Waals surface area contributed by atoms with Crippen LogP contribution in [-0.4, -0.2) is 17.4 Å². The summed E-state index contributed by atoms with van der Waals surface area (Å²) in [6.45, 7) is 4.09. The highest BCUT2D eigenvalue weighted by atomic mass is 16.1. The fourth-order valence-corrected chi connectivity index (χ4v) is 1.68. The van der Waals surface area contributed by atoms with Crippen molar-refractivity contribution in [2.45, 2.75) is 18.3 Å². The molecule has 1 aliphatic rings. The van der Waals surface area contributed by atoms with Crippen LogP contribution < -0.4 is 5.32 Å². The Bertz CT molecular complexity index is 368. The summed E-state index contributed by atoms with van der Waals surface area (Å²) < 4.78 is 0. The van der Waals surface area contributed by atoms with Crippen molar-refractivity contribution in [3.05, 3.63) is 42.7 Å². The number of hydrogen-bond donors (Lipinski definition) is 1. The third kappa shape index (κ3) is 2.06. The maximum Gasteiger partial charge on any atom is 0.243 e.